The van der Waals surface area contributed by atoms with Gasteiger partial charge in [-0.1, -0.05) is 12.1 Å². The Morgan fingerprint density at radius 3 is 2.30 bits per heavy atom. The molecule has 0 bridgehead atoms. The summed E-state index contributed by atoms with van der Waals surface area (Å²) >= 11 is 0. The van der Waals surface area contributed by atoms with E-state index in [4.69, 9.17) is 10.00 Å². The number of amides is 2. The topological polar surface area (TPSA) is 73.6 Å². The first kappa shape index (κ1) is 21.0. The van der Waals surface area contributed by atoms with Crippen LogP contribution in [-0.2, 0) is 4.79 Å². The molecule has 3 rings (SSSR count). The van der Waals surface area contributed by atoms with Crippen LogP contribution in [0.2, 0.25) is 0 Å². The minimum absolute atomic E-state index is 0.0295. The Bertz CT molecular complexity index is 992. The van der Waals surface area contributed by atoms with Crippen LogP contribution >= 0.6 is 0 Å². The summed E-state index contributed by atoms with van der Waals surface area (Å²) in [6, 6.07) is 11.9. The highest BCUT2D eigenvalue weighted by Gasteiger charge is 2.24. The second-order valence-electron chi connectivity index (χ2n) is 6.60. The first-order chi connectivity index (χ1) is 14.5. The summed E-state index contributed by atoms with van der Waals surface area (Å²) < 4.78 is 31.6. The molecular weight excluding hydrogens is 392 g/mol. The van der Waals surface area contributed by atoms with E-state index < -0.39 is 17.5 Å². The molecule has 1 heterocycles. The van der Waals surface area contributed by atoms with Crippen LogP contribution in [0, 0.1) is 23.0 Å². The van der Waals surface area contributed by atoms with Crippen molar-refractivity contribution in [3.8, 4) is 11.8 Å². The summed E-state index contributed by atoms with van der Waals surface area (Å²) in [5, 5.41) is 8.50. The Kier molecular flexibility index (Phi) is 6.75. The molecule has 0 aliphatic carbocycles. The fraction of sp³-hybridized carbons (Fsp3) is 0.227. The number of carbonyl (C=O) groups excluding carboxylic acids is 2. The third kappa shape index (κ3) is 5.20. The molecule has 0 N–H and O–H groups in total. The molecular formula is C22H19F2N3O3. The summed E-state index contributed by atoms with van der Waals surface area (Å²) in [6.07, 6.45) is 3.13. The highest BCUT2D eigenvalue weighted by Crippen LogP contribution is 2.15. The van der Waals surface area contributed by atoms with Gasteiger partial charge in [0.15, 0.2) is 18.2 Å². The van der Waals surface area contributed by atoms with Gasteiger partial charge in [-0.05, 0) is 42.0 Å². The van der Waals surface area contributed by atoms with E-state index in [1.54, 1.807) is 35.2 Å². The molecule has 2 amide bonds. The van der Waals surface area contributed by atoms with Gasteiger partial charge in [0, 0.05) is 37.8 Å². The van der Waals surface area contributed by atoms with Gasteiger partial charge in [-0.15, -0.1) is 0 Å². The fourth-order valence-corrected chi connectivity index (χ4v) is 3.01. The van der Waals surface area contributed by atoms with Crippen molar-refractivity contribution in [2.75, 3.05) is 32.8 Å². The Morgan fingerprint density at radius 1 is 1.00 bits per heavy atom. The van der Waals surface area contributed by atoms with Gasteiger partial charge in [0.1, 0.15) is 11.8 Å². The number of carbonyl (C=O) groups is 2. The number of nitriles is 1. The average Bonchev–Trinajstić information content (AvgIpc) is 2.78. The zero-order valence-electron chi connectivity index (χ0n) is 16.1. The van der Waals surface area contributed by atoms with Crippen molar-refractivity contribution in [2.45, 2.75) is 0 Å². The molecule has 0 saturated carbocycles. The molecule has 8 heteroatoms. The molecule has 0 aromatic heterocycles. The molecule has 0 atom stereocenters. The maximum Gasteiger partial charge on any atom is 0.254 e. The van der Waals surface area contributed by atoms with Crippen molar-refractivity contribution < 1.29 is 23.1 Å². The summed E-state index contributed by atoms with van der Waals surface area (Å²) in [6.45, 7) is 1.28. The summed E-state index contributed by atoms with van der Waals surface area (Å²) in [7, 11) is 0. The van der Waals surface area contributed by atoms with Crippen LogP contribution in [0.1, 0.15) is 15.9 Å². The molecule has 1 fully saturated rings. The number of ether oxygens (including phenoxy) is 1. The highest BCUT2D eigenvalue weighted by atomic mass is 19.2. The number of nitrogens with zero attached hydrogens (tertiary/aromatic N) is 3. The van der Waals surface area contributed by atoms with Crippen LogP contribution in [0.25, 0.3) is 6.08 Å². The summed E-state index contributed by atoms with van der Waals surface area (Å²) in [5.41, 5.74) is 0.885. The zero-order valence-corrected chi connectivity index (χ0v) is 16.1. The second kappa shape index (κ2) is 9.65. The third-order valence-corrected chi connectivity index (χ3v) is 4.65. The van der Waals surface area contributed by atoms with Crippen LogP contribution in [0.5, 0.6) is 5.75 Å². The van der Waals surface area contributed by atoms with Gasteiger partial charge in [0.2, 0.25) is 5.91 Å². The molecule has 0 unspecified atom stereocenters. The van der Waals surface area contributed by atoms with Crippen LogP contribution in [-0.4, -0.2) is 54.4 Å². The van der Waals surface area contributed by atoms with E-state index in [0.29, 0.717) is 31.9 Å². The summed E-state index contributed by atoms with van der Waals surface area (Å²) in [4.78, 5) is 28.0. The predicted octanol–water partition coefficient (Wildman–Crippen LogP) is 2.86. The van der Waals surface area contributed by atoms with Gasteiger partial charge in [-0.25, -0.2) is 8.78 Å². The smallest absolute Gasteiger partial charge is 0.254 e. The van der Waals surface area contributed by atoms with Gasteiger partial charge in [-0.2, -0.15) is 5.26 Å². The van der Waals surface area contributed by atoms with Crippen molar-refractivity contribution in [3.05, 3.63) is 71.3 Å². The molecule has 6 nitrogen and oxygen atoms in total. The van der Waals surface area contributed by atoms with Crippen molar-refractivity contribution in [2.24, 2.45) is 0 Å². The Hall–Kier alpha value is -3.73. The fourth-order valence-electron chi connectivity index (χ4n) is 3.01. The average molecular weight is 411 g/mol. The van der Waals surface area contributed by atoms with E-state index in [1.165, 1.54) is 17.0 Å². The number of benzene rings is 2. The molecule has 1 aliphatic heterocycles. The Morgan fingerprint density at radius 2 is 1.67 bits per heavy atom. The van der Waals surface area contributed by atoms with Gasteiger partial charge in [0.25, 0.3) is 5.91 Å². The van der Waals surface area contributed by atoms with E-state index in [2.05, 4.69) is 0 Å². The molecule has 2 aromatic rings. The van der Waals surface area contributed by atoms with Crippen LogP contribution in [0.3, 0.4) is 0 Å². The molecule has 0 radical (unpaired) electrons. The minimum atomic E-state index is -1.07. The van der Waals surface area contributed by atoms with Crippen LogP contribution in [0.15, 0.2) is 48.5 Å². The lowest BCUT2D eigenvalue weighted by molar-refractivity contribution is -0.127. The second-order valence-corrected chi connectivity index (χ2v) is 6.60. The molecule has 0 spiro atoms. The third-order valence-electron chi connectivity index (χ3n) is 4.65. The lowest BCUT2D eigenvalue weighted by atomic mass is 10.1. The molecule has 2 aromatic carbocycles. The van der Waals surface area contributed by atoms with E-state index in [0.717, 1.165) is 17.7 Å². The maximum absolute atomic E-state index is 13.4. The van der Waals surface area contributed by atoms with E-state index >= 15 is 0 Å². The van der Waals surface area contributed by atoms with Gasteiger partial charge in [-0.3, -0.25) is 9.59 Å². The number of piperazine rings is 1. The number of hydrogen-bond acceptors (Lipinski definition) is 4. The zero-order chi connectivity index (χ0) is 21.5. The maximum atomic E-state index is 13.4. The first-order valence-electron chi connectivity index (χ1n) is 9.29. The first-order valence-corrected chi connectivity index (χ1v) is 9.29. The minimum Gasteiger partial charge on any atom is -0.479 e. The summed E-state index contributed by atoms with van der Waals surface area (Å²) in [5.74, 6) is -2.07. The van der Waals surface area contributed by atoms with E-state index in [1.807, 2.05) is 6.07 Å². The number of hydrogen-bond donors (Lipinski definition) is 0. The Labute approximate surface area is 172 Å². The highest BCUT2D eigenvalue weighted by molar-refractivity contribution is 5.95. The predicted molar refractivity (Wildman–Crippen MR) is 105 cm³/mol. The molecule has 1 saturated heterocycles. The van der Waals surface area contributed by atoms with Crippen LogP contribution in [0.4, 0.5) is 8.78 Å². The van der Waals surface area contributed by atoms with Gasteiger partial charge >= 0.3 is 0 Å². The van der Waals surface area contributed by atoms with Gasteiger partial charge in [0.05, 0.1) is 0 Å². The largest absolute Gasteiger partial charge is 0.479 e. The molecule has 1 aliphatic rings. The quantitative estimate of drug-likeness (QED) is 0.710. The SMILES string of the molecule is N#CCOc1ccc(/C=C/C(=O)N2CCN(C(=O)c3ccc(F)c(F)c3)CC2)cc1. The van der Waals surface area contributed by atoms with Crippen molar-refractivity contribution >= 4 is 17.9 Å². The normalized spacial score (nSPS) is 13.9. The van der Waals surface area contributed by atoms with E-state index in [-0.39, 0.29) is 18.1 Å². The van der Waals surface area contributed by atoms with E-state index in [9.17, 15) is 18.4 Å². The molecule has 154 valence electrons. The lowest BCUT2D eigenvalue weighted by Gasteiger charge is -2.34. The molecule has 30 heavy (non-hydrogen) atoms. The Balaban J connectivity index is 1.52. The van der Waals surface area contributed by atoms with Crippen molar-refractivity contribution in [1.29, 1.82) is 5.26 Å². The van der Waals surface area contributed by atoms with Crippen molar-refractivity contribution in [1.82, 2.24) is 9.80 Å². The monoisotopic (exact) mass is 411 g/mol. The van der Waals surface area contributed by atoms with Crippen LogP contribution < -0.4 is 4.74 Å². The van der Waals surface area contributed by atoms with Gasteiger partial charge < -0.3 is 14.5 Å². The lowest BCUT2D eigenvalue weighted by Crippen LogP contribution is -2.50. The standard InChI is InChI=1S/C22H19F2N3O3/c23-19-7-4-17(15-20(19)24)22(29)27-12-10-26(11-13-27)21(28)8-3-16-1-5-18(6-2-16)30-14-9-25/h1-8,15H,10-14H2/b8-3+. The number of halogens is 2. The van der Waals surface area contributed by atoms with Crippen molar-refractivity contribution in [3.63, 3.8) is 0 Å². The number of rotatable bonds is 5.